The number of nitriles is 1. The largest absolute Gasteiger partial charge is 0.376 e. The van der Waals surface area contributed by atoms with Crippen LogP contribution < -0.4 is 5.32 Å². The van der Waals surface area contributed by atoms with Crippen LogP contribution >= 0.6 is 11.3 Å². The Morgan fingerprint density at radius 3 is 3.06 bits per heavy atom. The predicted octanol–water partition coefficient (Wildman–Crippen LogP) is 3.58. The van der Waals surface area contributed by atoms with Gasteiger partial charge in [0.2, 0.25) is 0 Å². The van der Waals surface area contributed by atoms with E-state index >= 15 is 0 Å². The predicted molar refractivity (Wildman–Crippen MR) is 69.9 cm³/mol. The molecule has 0 bridgehead atoms. The quantitative estimate of drug-likeness (QED) is 0.892. The molecule has 1 aromatic carbocycles. The van der Waals surface area contributed by atoms with Crippen molar-refractivity contribution in [1.82, 2.24) is 4.98 Å². The second-order valence-electron chi connectivity index (χ2n) is 3.67. The van der Waals surface area contributed by atoms with E-state index in [9.17, 15) is 0 Å². The van der Waals surface area contributed by atoms with Crippen molar-refractivity contribution in [3.63, 3.8) is 0 Å². The van der Waals surface area contributed by atoms with Crippen LogP contribution in [0, 0.1) is 11.3 Å². The molecule has 1 N–H and O–H groups in total. The number of hydrogen-bond donors (Lipinski definition) is 1. The van der Waals surface area contributed by atoms with E-state index in [0.717, 1.165) is 17.1 Å². The number of hydrogen-bond acceptors (Lipinski definition) is 4. The van der Waals surface area contributed by atoms with Crippen LogP contribution in [0.5, 0.6) is 0 Å². The van der Waals surface area contributed by atoms with Gasteiger partial charge in [-0.05, 0) is 24.6 Å². The van der Waals surface area contributed by atoms with Crippen molar-refractivity contribution < 1.29 is 0 Å². The lowest BCUT2D eigenvalue weighted by atomic mass is 10.2. The van der Waals surface area contributed by atoms with Crippen molar-refractivity contribution in [2.24, 2.45) is 0 Å². The van der Waals surface area contributed by atoms with Crippen molar-refractivity contribution in [1.29, 1.82) is 5.26 Å². The molecule has 0 saturated carbocycles. The second-order valence-corrected chi connectivity index (χ2v) is 4.59. The number of benzene rings is 1. The van der Waals surface area contributed by atoms with Gasteiger partial charge in [0.15, 0.2) is 0 Å². The molecule has 0 aliphatic rings. The van der Waals surface area contributed by atoms with Crippen LogP contribution in [0.1, 0.15) is 30.0 Å². The van der Waals surface area contributed by atoms with Gasteiger partial charge in [0, 0.05) is 17.3 Å². The van der Waals surface area contributed by atoms with E-state index < -0.39 is 0 Å². The molecule has 1 atom stereocenters. The molecule has 0 aliphatic carbocycles. The fraction of sp³-hybridized carbons (Fsp3) is 0.231. The lowest BCUT2D eigenvalue weighted by Gasteiger charge is -2.15. The van der Waals surface area contributed by atoms with Crippen LogP contribution in [0.15, 0.2) is 35.8 Å². The highest BCUT2D eigenvalue weighted by Gasteiger charge is 2.11. The van der Waals surface area contributed by atoms with Crippen molar-refractivity contribution in [3.8, 4) is 6.07 Å². The van der Waals surface area contributed by atoms with Gasteiger partial charge in [-0.25, -0.2) is 4.98 Å². The van der Waals surface area contributed by atoms with Gasteiger partial charge >= 0.3 is 0 Å². The van der Waals surface area contributed by atoms with Gasteiger partial charge in [-0.2, -0.15) is 5.26 Å². The number of rotatable bonds is 4. The fourth-order valence-electron chi connectivity index (χ4n) is 1.62. The summed E-state index contributed by atoms with van der Waals surface area (Å²) >= 11 is 1.65. The van der Waals surface area contributed by atoms with Crippen LogP contribution in [0.4, 0.5) is 5.69 Å². The van der Waals surface area contributed by atoms with Crippen LogP contribution in [0.3, 0.4) is 0 Å². The van der Waals surface area contributed by atoms with E-state index in [1.54, 1.807) is 17.4 Å². The number of nitrogens with zero attached hydrogens (tertiary/aromatic N) is 2. The first-order chi connectivity index (χ1) is 8.33. The highest BCUT2D eigenvalue weighted by Crippen LogP contribution is 2.24. The zero-order chi connectivity index (χ0) is 12.1. The first kappa shape index (κ1) is 11.6. The topological polar surface area (TPSA) is 48.7 Å². The van der Waals surface area contributed by atoms with Gasteiger partial charge in [0.1, 0.15) is 5.01 Å². The van der Waals surface area contributed by atoms with E-state index in [1.807, 2.05) is 29.8 Å². The average molecular weight is 243 g/mol. The molecule has 0 spiro atoms. The van der Waals surface area contributed by atoms with Gasteiger partial charge in [-0.1, -0.05) is 13.0 Å². The third-order valence-corrected chi connectivity index (χ3v) is 3.38. The summed E-state index contributed by atoms with van der Waals surface area (Å²) in [7, 11) is 0. The molecule has 17 heavy (non-hydrogen) atoms. The Hall–Kier alpha value is -1.86. The standard InChI is InChI=1S/C13H13N3S/c1-2-12(13-15-6-7-17-13)16-11-5-3-4-10(8-11)9-14/h3-8,12,16H,2H2,1H3. The molecule has 0 radical (unpaired) electrons. The smallest absolute Gasteiger partial charge is 0.115 e. The van der Waals surface area contributed by atoms with Crippen LogP contribution in [-0.2, 0) is 0 Å². The SMILES string of the molecule is CCC(Nc1cccc(C#N)c1)c1nccs1. The minimum absolute atomic E-state index is 0.212. The van der Waals surface area contributed by atoms with E-state index in [2.05, 4.69) is 23.3 Å². The first-order valence-electron chi connectivity index (χ1n) is 5.49. The molecule has 1 aromatic heterocycles. The maximum atomic E-state index is 8.85. The Morgan fingerprint density at radius 1 is 1.53 bits per heavy atom. The highest BCUT2D eigenvalue weighted by atomic mass is 32.1. The molecule has 0 aliphatic heterocycles. The Bertz CT molecular complexity index is 514. The summed E-state index contributed by atoms with van der Waals surface area (Å²) in [6, 6.07) is 9.86. The van der Waals surface area contributed by atoms with Crippen LogP contribution in [-0.4, -0.2) is 4.98 Å². The van der Waals surface area contributed by atoms with Crippen LogP contribution in [0.25, 0.3) is 0 Å². The lowest BCUT2D eigenvalue weighted by Crippen LogP contribution is -2.09. The summed E-state index contributed by atoms with van der Waals surface area (Å²) in [5, 5.41) is 15.3. The molecule has 0 amide bonds. The van der Waals surface area contributed by atoms with Crippen molar-refractivity contribution in [2.75, 3.05) is 5.32 Å². The normalized spacial score (nSPS) is 11.8. The molecular formula is C13H13N3S. The number of anilines is 1. The number of thiazole rings is 1. The second kappa shape index (κ2) is 5.46. The maximum Gasteiger partial charge on any atom is 0.115 e. The third-order valence-electron chi connectivity index (χ3n) is 2.49. The van der Waals surface area contributed by atoms with Gasteiger partial charge in [-0.3, -0.25) is 0 Å². The summed E-state index contributed by atoms with van der Waals surface area (Å²) in [5.74, 6) is 0. The molecule has 3 nitrogen and oxygen atoms in total. The molecule has 2 rings (SSSR count). The van der Waals surface area contributed by atoms with E-state index in [1.165, 1.54) is 0 Å². The average Bonchev–Trinajstić information content (AvgIpc) is 2.90. The maximum absolute atomic E-state index is 8.85. The Balaban J connectivity index is 2.16. The Labute approximate surface area is 105 Å². The summed E-state index contributed by atoms with van der Waals surface area (Å²) in [6.07, 6.45) is 2.78. The van der Waals surface area contributed by atoms with E-state index in [-0.39, 0.29) is 6.04 Å². The number of aromatic nitrogens is 1. The molecule has 86 valence electrons. The van der Waals surface area contributed by atoms with Gasteiger partial charge in [0.05, 0.1) is 17.7 Å². The molecule has 1 unspecified atom stereocenters. The monoisotopic (exact) mass is 243 g/mol. The highest BCUT2D eigenvalue weighted by molar-refractivity contribution is 7.09. The molecule has 2 aromatic rings. The summed E-state index contributed by atoms with van der Waals surface area (Å²) in [6.45, 7) is 2.12. The van der Waals surface area contributed by atoms with Gasteiger partial charge in [0.25, 0.3) is 0 Å². The lowest BCUT2D eigenvalue weighted by molar-refractivity contribution is 0.742. The number of nitrogens with one attached hydrogen (secondary N) is 1. The molecule has 0 saturated heterocycles. The van der Waals surface area contributed by atoms with Crippen molar-refractivity contribution >= 4 is 17.0 Å². The molecular weight excluding hydrogens is 230 g/mol. The minimum Gasteiger partial charge on any atom is -0.376 e. The van der Waals surface area contributed by atoms with E-state index in [4.69, 9.17) is 5.26 Å². The van der Waals surface area contributed by atoms with Crippen LogP contribution in [0.2, 0.25) is 0 Å². The molecule has 1 heterocycles. The zero-order valence-electron chi connectivity index (χ0n) is 9.55. The Morgan fingerprint density at radius 2 is 2.41 bits per heavy atom. The minimum atomic E-state index is 0.212. The fourth-order valence-corrected chi connectivity index (χ4v) is 2.40. The zero-order valence-corrected chi connectivity index (χ0v) is 10.4. The molecule has 0 fully saturated rings. The van der Waals surface area contributed by atoms with E-state index in [0.29, 0.717) is 5.56 Å². The summed E-state index contributed by atoms with van der Waals surface area (Å²) in [5.41, 5.74) is 1.63. The molecule has 4 heteroatoms. The first-order valence-corrected chi connectivity index (χ1v) is 6.37. The summed E-state index contributed by atoms with van der Waals surface area (Å²) in [4.78, 5) is 4.32. The van der Waals surface area contributed by atoms with Crippen molar-refractivity contribution in [2.45, 2.75) is 19.4 Å². The summed E-state index contributed by atoms with van der Waals surface area (Å²) < 4.78 is 0. The van der Waals surface area contributed by atoms with Gasteiger partial charge < -0.3 is 5.32 Å². The van der Waals surface area contributed by atoms with Gasteiger partial charge in [-0.15, -0.1) is 11.3 Å². The van der Waals surface area contributed by atoms with Crippen molar-refractivity contribution in [3.05, 3.63) is 46.4 Å². The Kier molecular flexibility index (Phi) is 3.73. The third kappa shape index (κ3) is 2.83.